The van der Waals surface area contributed by atoms with Gasteiger partial charge < -0.3 is 5.73 Å². The van der Waals surface area contributed by atoms with Crippen molar-refractivity contribution in [2.45, 2.75) is 32.1 Å². The Morgan fingerprint density at radius 1 is 1.44 bits per heavy atom. The Morgan fingerprint density at radius 3 is 2.61 bits per heavy atom. The Labute approximate surface area is 114 Å². The van der Waals surface area contributed by atoms with Crippen LogP contribution in [0.4, 0.5) is 5.69 Å². The summed E-state index contributed by atoms with van der Waals surface area (Å²) in [6.07, 6.45) is 0.921. The minimum atomic E-state index is -3.52. The third-order valence-electron chi connectivity index (χ3n) is 2.90. The Bertz CT molecular complexity index is 529. The predicted molar refractivity (Wildman–Crippen MR) is 75.2 cm³/mol. The van der Waals surface area contributed by atoms with Gasteiger partial charge in [0.05, 0.1) is 15.6 Å². The van der Waals surface area contributed by atoms with Crippen molar-refractivity contribution in [2.75, 3.05) is 12.3 Å². The van der Waals surface area contributed by atoms with Crippen molar-refractivity contribution in [2.24, 2.45) is 5.92 Å². The van der Waals surface area contributed by atoms with Crippen molar-refractivity contribution in [1.29, 1.82) is 0 Å². The number of nitrogen functional groups attached to an aromatic ring is 1. The summed E-state index contributed by atoms with van der Waals surface area (Å²) in [4.78, 5) is 0.188. The molecule has 102 valence electrons. The first-order valence-corrected chi connectivity index (χ1v) is 7.69. The molecule has 0 fully saturated rings. The number of hydrogen-bond acceptors (Lipinski definition) is 3. The van der Waals surface area contributed by atoms with Crippen LogP contribution >= 0.6 is 11.6 Å². The quantitative estimate of drug-likeness (QED) is 0.819. The van der Waals surface area contributed by atoms with Crippen LogP contribution < -0.4 is 10.5 Å². The van der Waals surface area contributed by atoms with Gasteiger partial charge in [-0.15, -0.1) is 0 Å². The first-order valence-electron chi connectivity index (χ1n) is 5.83. The van der Waals surface area contributed by atoms with Crippen molar-refractivity contribution < 1.29 is 8.42 Å². The summed E-state index contributed by atoms with van der Waals surface area (Å²) in [5, 5.41) is 0.369. The summed E-state index contributed by atoms with van der Waals surface area (Å²) < 4.78 is 26.8. The maximum atomic E-state index is 12.1. The highest BCUT2D eigenvalue weighted by Gasteiger charge is 2.18. The van der Waals surface area contributed by atoms with Gasteiger partial charge in [-0.3, -0.25) is 0 Å². The molecule has 0 bridgehead atoms. The second-order valence-corrected chi connectivity index (χ2v) is 6.65. The van der Waals surface area contributed by atoms with Gasteiger partial charge in [0.25, 0.3) is 0 Å². The lowest BCUT2D eigenvalue weighted by Crippen LogP contribution is -2.28. The molecule has 0 spiro atoms. The number of nitrogens with two attached hydrogens (primary N) is 1. The first-order chi connectivity index (χ1) is 8.27. The van der Waals surface area contributed by atoms with E-state index in [0.29, 0.717) is 23.0 Å². The van der Waals surface area contributed by atoms with E-state index in [1.165, 1.54) is 6.07 Å². The Balaban J connectivity index is 3.02. The largest absolute Gasteiger partial charge is 0.397 e. The zero-order chi connectivity index (χ0) is 13.9. The molecule has 0 aromatic heterocycles. The van der Waals surface area contributed by atoms with E-state index in [2.05, 4.69) is 4.72 Å². The number of hydrogen-bond donors (Lipinski definition) is 2. The molecular formula is C12H19ClN2O2S. The zero-order valence-electron chi connectivity index (χ0n) is 10.8. The van der Waals surface area contributed by atoms with Gasteiger partial charge in [-0.25, -0.2) is 13.1 Å². The second kappa shape index (κ2) is 5.91. The van der Waals surface area contributed by atoms with Gasteiger partial charge in [0.15, 0.2) is 0 Å². The van der Waals surface area contributed by atoms with Crippen LogP contribution in [0.25, 0.3) is 0 Å². The molecule has 1 rings (SSSR count). The fourth-order valence-corrected chi connectivity index (χ4v) is 3.07. The summed E-state index contributed by atoms with van der Waals surface area (Å²) in [6.45, 7) is 6.13. The minimum absolute atomic E-state index is 0.188. The normalized spacial score (nSPS) is 13.6. The molecule has 18 heavy (non-hydrogen) atoms. The lowest BCUT2D eigenvalue weighted by molar-refractivity contribution is 0.528. The fraction of sp³-hybridized carbons (Fsp3) is 0.500. The van der Waals surface area contributed by atoms with Gasteiger partial charge in [0.2, 0.25) is 10.0 Å². The highest BCUT2D eigenvalue weighted by molar-refractivity contribution is 7.89. The van der Waals surface area contributed by atoms with Gasteiger partial charge in [-0.05, 0) is 30.5 Å². The maximum Gasteiger partial charge on any atom is 0.240 e. The van der Waals surface area contributed by atoms with Gasteiger partial charge in [-0.1, -0.05) is 31.9 Å². The van der Waals surface area contributed by atoms with E-state index in [1.54, 1.807) is 13.0 Å². The number of aryl methyl sites for hydroxylation is 1. The number of sulfonamides is 1. The van der Waals surface area contributed by atoms with Crippen LogP contribution in [0.5, 0.6) is 0 Å². The Kier molecular flexibility index (Phi) is 5.01. The zero-order valence-corrected chi connectivity index (χ0v) is 12.4. The van der Waals surface area contributed by atoms with Crippen LogP contribution in [-0.4, -0.2) is 15.0 Å². The SMILES string of the molecule is CCC(C)CNS(=O)(=O)c1cc(N)c(Cl)cc1C. The van der Waals surface area contributed by atoms with Crippen LogP contribution in [-0.2, 0) is 10.0 Å². The van der Waals surface area contributed by atoms with Crippen LogP contribution in [0.3, 0.4) is 0 Å². The van der Waals surface area contributed by atoms with Crippen molar-refractivity contribution in [1.82, 2.24) is 4.72 Å². The Hall–Kier alpha value is -0.780. The van der Waals surface area contributed by atoms with E-state index in [4.69, 9.17) is 17.3 Å². The van der Waals surface area contributed by atoms with E-state index in [-0.39, 0.29) is 10.6 Å². The molecule has 0 aliphatic rings. The van der Waals surface area contributed by atoms with E-state index in [1.807, 2.05) is 13.8 Å². The lowest BCUT2D eigenvalue weighted by Gasteiger charge is -2.13. The monoisotopic (exact) mass is 290 g/mol. The molecule has 0 radical (unpaired) electrons. The van der Waals surface area contributed by atoms with Crippen molar-refractivity contribution in [3.8, 4) is 0 Å². The highest BCUT2D eigenvalue weighted by atomic mass is 35.5. The molecule has 1 atom stereocenters. The number of rotatable bonds is 5. The molecule has 6 heteroatoms. The van der Waals surface area contributed by atoms with Gasteiger partial charge in [0.1, 0.15) is 0 Å². The topological polar surface area (TPSA) is 72.2 Å². The molecule has 3 N–H and O–H groups in total. The Morgan fingerprint density at radius 2 is 2.06 bits per heavy atom. The molecule has 0 aliphatic heterocycles. The standard InChI is InChI=1S/C12H19ClN2O2S/c1-4-8(2)7-15-18(16,17)12-6-11(14)10(13)5-9(12)3/h5-6,8,15H,4,7,14H2,1-3H3. The van der Waals surface area contributed by atoms with Crippen LogP contribution in [0.15, 0.2) is 17.0 Å². The van der Waals surface area contributed by atoms with E-state index >= 15 is 0 Å². The third kappa shape index (κ3) is 3.60. The average molecular weight is 291 g/mol. The lowest BCUT2D eigenvalue weighted by atomic mass is 10.1. The third-order valence-corrected chi connectivity index (χ3v) is 4.80. The molecule has 0 saturated carbocycles. The molecule has 1 aromatic rings. The number of nitrogens with one attached hydrogen (secondary N) is 1. The van der Waals surface area contributed by atoms with Gasteiger partial charge in [0, 0.05) is 6.54 Å². The van der Waals surface area contributed by atoms with Crippen LogP contribution in [0.1, 0.15) is 25.8 Å². The summed E-state index contributed by atoms with van der Waals surface area (Å²) in [5.41, 5.74) is 6.50. The number of benzene rings is 1. The molecule has 0 heterocycles. The number of halogens is 1. The fourth-order valence-electron chi connectivity index (χ4n) is 1.43. The van der Waals surface area contributed by atoms with Crippen molar-refractivity contribution in [3.05, 3.63) is 22.7 Å². The van der Waals surface area contributed by atoms with Crippen molar-refractivity contribution in [3.63, 3.8) is 0 Å². The summed E-state index contributed by atoms with van der Waals surface area (Å²) in [7, 11) is -3.52. The molecular weight excluding hydrogens is 272 g/mol. The molecule has 4 nitrogen and oxygen atoms in total. The van der Waals surface area contributed by atoms with E-state index < -0.39 is 10.0 Å². The first kappa shape index (κ1) is 15.3. The van der Waals surface area contributed by atoms with E-state index in [9.17, 15) is 8.42 Å². The van der Waals surface area contributed by atoms with E-state index in [0.717, 1.165) is 6.42 Å². The molecule has 0 aliphatic carbocycles. The predicted octanol–water partition coefficient (Wildman–Crippen LogP) is 2.56. The smallest absolute Gasteiger partial charge is 0.240 e. The molecule has 1 aromatic carbocycles. The molecule has 0 amide bonds. The maximum absolute atomic E-state index is 12.1. The van der Waals surface area contributed by atoms with Gasteiger partial charge >= 0.3 is 0 Å². The highest BCUT2D eigenvalue weighted by Crippen LogP contribution is 2.26. The summed E-state index contributed by atoms with van der Waals surface area (Å²) in [5.74, 6) is 0.296. The van der Waals surface area contributed by atoms with Crippen LogP contribution in [0, 0.1) is 12.8 Å². The summed E-state index contributed by atoms with van der Waals surface area (Å²) >= 11 is 5.85. The molecule has 0 saturated heterocycles. The van der Waals surface area contributed by atoms with Gasteiger partial charge in [-0.2, -0.15) is 0 Å². The average Bonchev–Trinajstić information content (AvgIpc) is 2.30. The molecule has 1 unspecified atom stereocenters. The number of anilines is 1. The van der Waals surface area contributed by atoms with Crippen molar-refractivity contribution >= 4 is 27.3 Å². The minimum Gasteiger partial charge on any atom is -0.397 e. The van der Waals surface area contributed by atoms with Crippen LogP contribution in [0.2, 0.25) is 5.02 Å². The second-order valence-electron chi connectivity index (χ2n) is 4.50. The summed E-state index contributed by atoms with van der Waals surface area (Å²) in [6, 6.07) is 2.96.